The summed E-state index contributed by atoms with van der Waals surface area (Å²) < 4.78 is 0. The van der Waals surface area contributed by atoms with E-state index >= 15 is 0 Å². The van der Waals surface area contributed by atoms with Crippen LogP contribution in [0.15, 0.2) is 12.7 Å². The Balaban J connectivity index is 2.44. The van der Waals surface area contributed by atoms with Crippen molar-refractivity contribution >= 4 is 5.78 Å². The highest BCUT2D eigenvalue weighted by atomic mass is 16.3. The summed E-state index contributed by atoms with van der Waals surface area (Å²) in [6, 6.07) is 0. The second-order valence-electron chi connectivity index (χ2n) is 9.03. The first-order valence-electron chi connectivity index (χ1n) is 9.07. The lowest BCUT2D eigenvalue weighted by Gasteiger charge is -2.62. The summed E-state index contributed by atoms with van der Waals surface area (Å²) >= 11 is 0. The first-order chi connectivity index (χ1) is 10.6. The number of aliphatic hydroxyl groups excluding tert-OH is 2. The molecular formula is C20H34O3. The quantitative estimate of drug-likeness (QED) is 0.778. The highest BCUT2D eigenvalue weighted by Crippen LogP contribution is 2.61. The van der Waals surface area contributed by atoms with E-state index in [1.807, 2.05) is 19.9 Å². The van der Waals surface area contributed by atoms with Crippen LogP contribution in [0.2, 0.25) is 0 Å². The van der Waals surface area contributed by atoms with E-state index < -0.39 is 17.6 Å². The molecule has 23 heavy (non-hydrogen) atoms. The van der Waals surface area contributed by atoms with E-state index in [0.717, 1.165) is 6.42 Å². The highest BCUT2D eigenvalue weighted by molar-refractivity contribution is 5.83. The van der Waals surface area contributed by atoms with E-state index in [1.54, 1.807) is 0 Å². The molecule has 3 heteroatoms. The fourth-order valence-corrected chi connectivity index (χ4v) is 5.82. The maximum absolute atomic E-state index is 13.1. The third-order valence-electron chi connectivity index (χ3n) is 6.80. The zero-order valence-electron chi connectivity index (χ0n) is 15.4. The molecule has 2 rings (SSSR count). The topological polar surface area (TPSA) is 57.5 Å². The van der Waals surface area contributed by atoms with Gasteiger partial charge in [0.05, 0.1) is 12.2 Å². The number of Topliss-reactive ketones (excluding diaryl/α,β-unsaturated/α-hetero) is 1. The van der Waals surface area contributed by atoms with Crippen LogP contribution < -0.4 is 0 Å². The number of allylic oxidation sites excluding steroid dienone is 1. The lowest BCUT2D eigenvalue weighted by molar-refractivity contribution is -0.206. The monoisotopic (exact) mass is 322 g/mol. The van der Waals surface area contributed by atoms with Crippen LogP contribution in [0.3, 0.4) is 0 Å². The average Bonchev–Trinajstić information content (AvgIpc) is 2.42. The molecule has 7 atom stereocenters. The van der Waals surface area contributed by atoms with Gasteiger partial charge >= 0.3 is 0 Å². The summed E-state index contributed by atoms with van der Waals surface area (Å²) in [7, 11) is 0. The molecule has 2 N–H and O–H groups in total. The Labute approximate surface area is 141 Å². The molecule has 0 unspecified atom stereocenters. The van der Waals surface area contributed by atoms with Gasteiger partial charge in [-0.05, 0) is 42.4 Å². The number of rotatable bonds is 4. The molecule has 2 aliphatic rings. The van der Waals surface area contributed by atoms with Gasteiger partial charge in [0.2, 0.25) is 0 Å². The van der Waals surface area contributed by atoms with Crippen molar-refractivity contribution in [3.05, 3.63) is 12.7 Å². The third-order valence-corrected chi connectivity index (χ3v) is 6.80. The van der Waals surface area contributed by atoms with Crippen LogP contribution in [-0.2, 0) is 4.79 Å². The van der Waals surface area contributed by atoms with Crippen molar-refractivity contribution in [2.45, 2.75) is 72.5 Å². The van der Waals surface area contributed by atoms with Gasteiger partial charge in [0, 0.05) is 17.8 Å². The Morgan fingerprint density at radius 3 is 2.52 bits per heavy atom. The summed E-state index contributed by atoms with van der Waals surface area (Å²) in [5.41, 5.74) is -0.604. The third kappa shape index (κ3) is 3.02. The molecule has 2 aliphatic carbocycles. The lowest BCUT2D eigenvalue weighted by Crippen LogP contribution is -2.64. The molecule has 0 radical (unpaired) electrons. The van der Waals surface area contributed by atoms with Crippen LogP contribution in [0, 0.1) is 34.5 Å². The van der Waals surface area contributed by atoms with Crippen LogP contribution in [0.5, 0.6) is 0 Å². The summed E-state index contributed by atoms with van der Waals surface area (Å²) in [4.78, 5) is 13.1. The second-order valence-corrected chi connectivity index (χ2v) is 9.03. The molecule has 2 saturated carbocycles. The van der Waals surface area contributed by atoms with Gasteiger partial charge in [-0.15, -0.1) is 6.58 Å². The zero-order chi connectivity index (χ0) is 17.6. The largest absolute Gasteiger partial charge is 0.393 e. The summed E-state index contributed by atoms with van der Waals surface area (Å²) in [6.07, 6.45) is 3.58. The summed E-state index contributed by atoms with van der Waals surface area (Å²) in [6.45, 7) is 14.2. The van der Waals surface area contributed by atoms with Crippen molar-refractivity contribution in [2.75, 3.05) is 0 Å². The van der Waals surface area contributed by atoms with Gasteiger partial charge < -0.3 is 10.2 Å². The number of ketones is 1. The van der Waals surface area contributed by atoms with Crippen molar-refractivity contribution in [3.63, 3.8) is 0 Å². The van der Waals surface area contributed by atoms with Crippen LogP contribution in [0.4, 0.5) is 0 Å². The number of hydrogen-bond donors (Lipinski definition) is 2. The summed E-state index contributed by atoms with van der Waals surface area (Å²) in [5, 5.41) is 21.6. The van der Waals surface area contributed by atoms with E-state index in [-0.39, 0.29) is 34.9 Å². The molecule has 0 bridgehead atoms. The zero-order valence-corrected chi connectivity index (χ0v) is 15.4. The van der Waals surface area contributed by atoms with Gasteiger partial charge in [-0.1, -0.05) is 40.7 Å². The van der Waals surface area contributed by atoms with E-state index in [2.05, 4.69) is 27.4 Å². The highest BCUT2D eigenvalue weighted by Gasteiger charge is 2.62. The molecule has 0 heterocycles. The van der Waals surface area contributed by atoms with Gasteiger partial charge in [0.15, 0.2) is 0 Å². The molecule has 0 spiro atoms. The number of hydrogen-bond acceptors (Lipinski definition) is 3. The second kappa shape index (κ2) is 6.33. The Bertz CT molecular complexity index is 470. The van der Waals surface area contributed by atoms with E-state index in [1.165, 1.54) is 0 Å². The fourth-order valence-electron chi connectivity index (χ4n) is 5.82. The van der Waals surface area contributed by atoms with Gasteiger partial charge in [0.25, 0.3) is 0 Å². The van der Waals surface area contributed by atoms with Crippen molar-refractivity contribution in [1.29, 1.82) is 0 Å². The molecule has 132 valence electrons. The molecule has 0 amide bonds. The predicted octanol–water partition coefficient (Wildman–Crippen LogP) is 3.59. The number of carbonyl (C=O) groups is 1. The standard InChI is InChI=1S/C20H34O3/c1-7-12(2)10-14(21)17-13(3)11-15(22)18-19(4,5)9-8-16(23)20(17,18)6/h7,12-13,15-18,22-23H,1,8-11H2,2-6H3/t12-,13+,15+,16-,17-,18+,20-/m1/s1. The van der Waals surface area contributed by atoms with Gasteiger partial charge in [-0.25, -0.2) is 0 Å². The fraction of sp³-hybridized carbons (Fsp3) is 0.850. The molecule has 0 aliphatic heterocycles. The van der Waals surface area contributed by atoms with E-state index in [0.29, 0.717) is 19.3 Å². The van der Waals surface area contributed by atoms with Gasteiger partial charge in [-0.3, -0.25) is 4.79 Å². The van der Waals surface area contributed by atoms with Crippen molar-refractivity contribution < 1.29 is 15.0 Å². The average molecular weight is 322 g/mol. The first kappa shape index (κ1) is 18.7. The molecule has 0 aromatic heterocycles. The molecule has 0 saturated heterocycles. The maximum Gasteiger partial charge on any atom is 0.137 e. The first-order valence-corrected chi connectivity index (χ1v) is 9.07. The molecular weight excluding hydrogens is 288 g/mol. The van der Waals surface area contributed by atoms with E-state index in [4.69, 9.17) is 0 Å². The number of fused-ring (bicyclic) bond motifs is 1. The minimum absolute atomic E-state index is 0.0389. The van der Waals surface area contributed by atoms with Crippen molar-refractivity contribution in [3.8, 4) is 0 Å². The number of aliphatic hydroxyl groups is 2. The minimum Gasteiger partial charge on any atom is -0.393 e. The Kier molecular flexibility index (Phi) is 5.13. The molecule has 3 nitrogen and oxygen atoms in total. The van der Waals surface area contributed by atoms with E-state index in [9.17, 15) is 15.0 Å². The molecule has 0 aromatic carbocycles. The Morgan fingerprint density at radius 1 is 1.35 bits per heavy atom. The SMILES string of the molecule is C=C[C@@H](C)CC(=O)[C@H]1[C@@H](C)C[C@H](O)[C@H]2C(C)(C)CC[C@@H](O)[C@]12C. The van der Waals surface area contributed by atoms with Crippen molar-refractivity contribution in [1.82, 2.24) is 0 Å². The lowest BCUT2D eigenvalue weighted by atomic mass is 9.44. The summed E-state index contributed by atoms with van der Waals surface area (Å²) in [5.74, 6) is 0.244. The van der Waals surface area contributed by atoms with Gasteiger partial charge in [0.1, 0.15) is 5.78 Å². The van der Waals surface area contributed by atoms with Gasteiger partial charge in [-0.2, -0.15) is 0 Å². The minimum atomic E-state index is -0.545. The Hall–Kier alpha value is -0.670. The van der Waals surface area contributed by atoms with Crippen LogP contribution in [0.1, 0.15) is 60.3 Å². The van der Waals surface area contributed by atoms with Crippen LogP contribution in [0.25, 0.3) is 0 Å². The van der Waals surface area contributed by atoms with Crippen molar-refractivity contribution in [2.24, 2.45) is 34.5 Å². The normalized spacial score (nSPS) is 44.2. The maximum atomic E-state index is 13.1. The Morgan fingerprint density at radius 2 is 1.96 bits per heavy atom. The molecule has 2 fully saturated rings. The van der Waals surface area contributed by atoms with Crippen LogP contribution >= 0.6 is 0 Å². The smallest absolute Gasteiger partial charge is 0.137 e. The number of carbonyl (C=O) groups excluding carboxylic acids is 1. The predicted molar refractivity (Wildman–Crippen MR) is 92.9 cm³/mol. The molecule has 0 aromatic rings. The van der Waals surface area contributed by atoms with Crippen LogP contribution in [-0.4, -0.2) is 28.2 Å².